The highest BCUT2D eigenvalue weighted by molar-refractivity contribution is 5.48. The summed E-state index contributed by atoms with van der Waals surface area (Å²) in [6.07, 6.45) is -2.39. The van der Waals surface area contributed by atoms with E-state index in [0.29, 0.717) is 0 Å². The fourth-order valence-corrected chi connectivity index (χ4v) is 0.893. The van der Waals surface area contributed by atoms with Gasteiger partial charge in [-0.25, -0.2) is 0 Å². The third-order valence-corrected chi connectivity index (χ3v) is 1.46. The first-order valence-corrected chi connectivity index (χ1v) is 3.86. The lowest BCUT2D eigenvalue weighted by molar-refractivity contribution is -0.124. The minimum absolute atomic E-state index is 0.784. The van der Waals surface area contributed by atoms with Gasteiger partial charge in [-0.05, 0) is 5.56 Å². The second kappa shape index (κ2) is 4.12. The van der Waals surface area contributed by atoms with Crippen LogP contribution in [0.15, 0.2) is 36.4 Å². The summed E-state index contributed by atoms with van der Waals surface area (Å²) in [5.74, 6) is 0. The SMILES string of the molecule is FC(F)(F)CC=Cc1ccccc1. The molecular weight excluding hydrogens is 177 g/mol. The minimum atomic E-state index is -4.11. The monoisotopic (exact) mass is 186 g/mol. The van der Waals surface area contributed by atoms with Crippen molar-refractivity contribution in [3.05, 3.63) is 42.0 Å². The first-order valence-electron chi connectivity index (χ1n) is 3.86. The molecule has 0 heterocycles. The molecule has 0 aliphatic rings. The van der Waals surface area contributed by atoms with Gasteiger partial charge in [-0.3, -0.25) is 0 Å². The van der Waals surface area contributed by atoms with Crippen LogP contribution in [0.5, 0.6) is 0 Å². The van der Waals surface area contributed by atoms with Gasteiger partial charge in [-0.15, -0.1) is 0 Å². The Balaban J connectivity index is 2.51. The van der Waals surface area contributed by atoms with Crippen molar-refractivity contribution in [1.29, 1.82) is 0 Å². The molecule has 1 rings (SSSR count). The number of alkyl halides is 3. The van der Waals surface area contributed by atoms with Gasteiger partial charge < -0.3 is 0 Å². The van der Waals surface area contributed by atoms with Crippen molar-refractivity contribution in [3.8, 4) is 0 Å². The lowest BCUT2D eigenvalue weighted by Crippen LogP contribution is -2.03. The van der Waals surface area contributed by atoms with Gasteiger partial charge in [-0.2, -0.15) is 13.2 Å². The molecule has 0 aromatic heterocycles. The van der Waals surface area contributed by atoms with Crippen LogP contribution in [0.4, 0.5) is 13.2 Å². The molecule has 0 atom stereocenters. The zero-order valence-electron chi connectivity index (χ0n) is 6.88. The summed E-state index contributed by atoms with van der Waals surface area (Å²) in [5.41, 5.74) is 0.784. The number of hydrogen-bond acceptors (Lipinski definition) is 0. The molecule has 0 N–H and O–H groups in total. The van der Waals surface area contributed by atoms with Crippen molar-refractivity contribution in [2.75, 3.05) is 0 Å². The summed E-state index contributed by atoms with van der Waals surface area (Å²) >= 11 is 0. The summed E-state index contributed by atoms with van der Waals surface area (Å²) in [7, 11) is 0. The van der Waals surface area contributed by atoms with Crippen LogP contribution in [0.3, 0.4) is 0 Å². The van der Waals surface area contributed by atoms with Crippen LogP contribution in [-0.4, -0.2) is 6.18 Å². The van der Waals surface area contributed by atoms with Crippen LogP contribution in [0, 0.1) is 0 Å². The van der Waals surface area contributed by atoms with Crippen molar-refractivity contribution < 1.29 is 13.2 Å². The zero-order valence-corrected chi connectivity index (χ0v) is 6.88. The molecule has 1 aromatic rings. The zero-order chi connectivity index (χ0) is 9.73. The van der Waals surface area contributed by atoms with Crippen molar-refractivity contribution in [3.63, 3.8) is 0 Å². The number of rotatable bonds is 2. The highest BCUT2D eigenvalue weighted by Crippen LogP contribution is 2.20. The minimum Gasteiger partial charge on any atom is -0.171 e. The Morgan fingerprint density at radius 3 is 2.23 bits per heavy atom. The fourth-order valence-electron chi connectivity index (χ4n) is 0.893. The van der Waals surface area contributed by atoms with E-state index in [1.807, 2.05) is 6.07 Å². The molecule has 0 aliphatic heterocycles. The van der Waals surface area contributed by atoms with E-state index < -0.39 is 12.6 Å². The smallest absolute Gasteiger partial charge is 0.171 e. The van der Waals surface area contributed by atoms with Crippen LogP contribution in [0.25, 0.3) is 6.08 Å². The molecule has 1 aromatic carbocycles. The van der Waals surface area contributed by atoms with Gasteiger partial charge >= 0.3 is 6.18 Å². The molecule has 0 radical (unpaired) electrons. The average Bonchev–Trinajstić information content (AvgIpc) is 2.04. The molecule has 0 saturated carbocycles. The second-order valence-electron chi connectivity index (χ2n) is 2.63. The van der Waals surface area contributed by atoms with E-state index >= 15 is 0 Å². The quantitative estimate of drug-likeness (QED) is 0.661. The van der Waals surface area contributed by atoms with E-state index in [1.165, 1.54) is 6.08 Å². The van der Waals surface area contributed by atoms with Gasteiger partial charge in [-0.1, -0.05) is 42.5 Å². The number of hydrogen-bond donors (Lipinski definition) is 0. The second-order valence-corrected chi connectivity index (χ2v) is 2.63. The summed E-state index contributed by atoms with van der Waals surface area (Å²) in [6.45, 7) is 0. The molecular formula is C10H9F3. The van der Waals surface area contributed by atoms with Crippen molar-refractivity contribution in [2.45, 2.75) is 12.6 Å². The third-order valence-electron chi connectivity index (χ3n) is 1.46. The highest BCUT2D eigenvalue weighted by Gasteiger charge is 2.24. The van der Waals surface area contributed by atoms with Crippen LogP contribution >= 0.6 is 0 Å². The van der Waals surface area contributed by atoms with Crippen LogP contribution < -0.4 is 0 Å². The molecule has 13 heavy (non-hydrogen) atoms. The Bertz CT molecular complexity index is 272. The maximum Gasteiger partial charge on any atom is 0.392 e. The molecule has 0 bridgehead atoms. The summed E-state index contributed by atoms with van der Waals surface area (Å²) in [5, 5.41) is 0. The van der Waals surface area contributed by atoms with Gasteiger partial charge in [0, 0.05) is 0 Å². The predicted molar refractivity (Wildman–Crippen MR) is 46.1 cm³/mol. The van der Waals surface area contributed by atoms with Crippen LogP contribution in [0.2, 0.25) is 0 Å². The largest absolute Gasteiger partial charge is 0.392 e. The number of benzene rings is 1. The fraction of sp³-hybridized carbons (Fsp3) is 0.200. The molecule has 0 aliphatic carbocycles. The Labute approximate surface area is 74.7 Å². The number of halogens is 3. The first-order chi connectivity index (χ1) is 6.08. The Morgan fingerprint density at radius 2 is 1.69 bits per heavy atom. The first kappa shape index (κ1) is 9.84. The molecule has 0 fully saturated rings. The molecule has 70 valence electrons. The molecule has 0 unspecified atom stereocenters. The van der Waals surface area contributed by atoms with Gasteiger partial charge in [0.15, 0.2) is 0 Å². The molecule has 0 amide bonds. The normalized spacial score (nSPS) is 12.2. The topological polar surface area (TPSA) is 0 Å². The van der Waals surface area contributed by atoms with E-state index in [-0.39, 0.29) is 0 Å². The van der Waals surface area contributed by atoms with Gasteiger partial charge in [0.2, 0.25) is 0 Å². The maximum atomic E-state index is 11.7. The third kappa shape index (κ3) is 4.35. The van der Waals surface area contributed by atoms with Gasteiger partial charge in [0.25, 0.3) is 0 Å². The van der Waals surface area contributed by atoms with E-state index in [4.69, 9.17) is 0 Å². The summed E-state index contributed by atoms with van der Waals surface area (Å²) in [6, 6.07) is 8.90. The van der Waals surface area contributed by atoms with E-state index in [1.54, 1.807) is 24.3 Å². The summed E-state index contributed by atoms with van der Waals surface area (Å²) in [4.78, 5) is 0. The Hall–Kier alpha value is -1.25. The van der Waals surface area contributed by atoms with E-state index in [0.717, 1.165) is 11.6 Å². The molecule has 0 nitrogen and oxygen atoms in total. The van der Waals surface area contributed by atoms with Crippen LogP contribution in [0.1, 0.15) is 12.0 Å². The Morgan fingerprint density at radius 1 is 1.08 bits per heavy atom. The van der Waals surface area contributed by atoms with Crippen molar-refractivity contribution in [1.82, 2.24) is 0 Å². The van der Waals surface area contributed by atoms with E-state index in [9.17, 15) is 13.2 Å². The lowest BCUT2D eigenvalue weighted by atomic mass is 10.2. The van der Waals surface area contributed by atoms with E-state index in [2.05, 4.69) is 0 Å². The lowest BCUT2D eigenvalue weighted by Gasteiger charge is -1.99. The van der Waals surface area contributed by atoms with Crippen LogP contribution in [-0.2, 0) is 0 Å². The van der Waals surface area contributed by atoms with Gasteiger partial charge in [0.1, 0.15) is 0 Å². The molecule has 0 spiro atoms. The Kier molecular flexibility index (Phi) is 3.12. The van der Waals surface area contributed by atoms with Gasteiger partial charge in [0.05, 0.1) is 6.42 Å². The average molecular weight is 186 g/mol. The molecule has 0 saturated heterocycles. The summed E-state index contributed by atoms with van der Waals surface area (Å²) < 4.78 is 35.1. The number of allylic oxidation sites excluding steroid dienone is 1. The molecule has 3 heteroatoms. The van der Waals surface area contributed by atoms with Crippen molar-refractivity contribution in [2.24, 2.45) is 0 Å². The predicted octanol–water partition coefficient (Wildman–Crippen LogP) is 3.65. The maximum absolute atomic E-state index is 11.7. The highest BCUT2D eigenvalue weighted by atomic mass is 19.4. The standard InChI is InChI=1S/C10H9F3/c11-10(12,13)8-4-7-9-5-2-1-3-6-9/h1-7H,8H2. The van der Waals surface area contributed by atoms with Crippen molar-refractivity contribution >= 4 is 6.08 Å².